The highest BCUT2D eigenvalue weighted by atomic mass is 16.5. The minimum atomic E-state index is -0.880. The number of hydrogen-bond donors (Lipinski definition) is 2. The van der Waals surface area contributed by atoms with Gasteiger partial charge in [-0.2, -0.15) is 0 Å². The normalized spacial score (nSPS) is 14.8. The fraction of sp³-hybridized carbons (Fsp3) is 0.364. The first-order valence-electron chi connectivity index (χ1n) is 5.39. The zero-order chi connectivity index (χ0) is 13.1. The molecular formula is C11H13N3O4. The number of urea groups is 1. The maximum atomic E-state index is 11.8. The molecule has 2 heterocycles. The molecule has 1 aromatic rings. The smallest absolute Gasteiger partial charge is 0.323 e. The molecule has 0 saturated carbocycles. The topological polar surface area (TPSA) is 91.8 Å². The zero-order valence-electron chi connectivity index (χ0n) is 9.79. The molecule has 1 aliphatic rings. The van der Waals surface area contributed by atoms with Gasteiger partial charge in [-0.05, 0) is 12.1 Å². The average molecular weight is 251 g/mol. The fourth-order valence-electron chi connectivity index (χ4n) is 1.63. The monoisotopic (exact) mass is 251 g/mol. The van der Waals surface area contributed by atoms with Crippen molar-refractivity contribution in [2.45, 2.75) is 0 Å². The van der Waals surface area contributed by atoms with E-state index in [0.29, 0.717) is 11.6 Å². The molecule has 2 rings (SSSR count). The van der Waals surface area contributed by atoms with Gasteiger partial charge in [0.15, 0.2) is 11.6 Å². The molecule has 0 radical (unpaired) electrons. The number of methoxy groups -OCH3 is 1. The van der Waals surface area contributed by atoms with Crippen LogP contribution in [0.5, 0.6) is 5.75 Å². The quantitative estimate of drug-likeness (QED) is 0.822. The largest absolute Gasteiger partial charge is 0.493 e. The number of nitrogens with zero attached hydrogens (tertiary/aromatic N) is 2. The van der Waals surface area contributed by atoms with Crippen molar-refractivity contribution in [2.75, 3.05) is 25.5 Å². The number of aromatic nitrogens is 1. The van der Waals surface area contributed by atoms with Crippen molar-refractivity contribution < 1.29 is 19.4 Å². The summed E-state index contributed by atoms with van der Waals surface area (Å²) in [6, 6.07) is 3.00. The molecule has 7 heteroatoms. The van der Waals surface area contributed by atoms with Gasteiger partial charge in [-0.3, -0.25) is 10.1 Å². The van der Waals surface area contributed by atoms with Gasteiger partial charge in [0.2, 0.25) is 0 Å². The molecule has 2 N–H and O–H groups in total. The van der Waals surface area contributed by atoms with Crippen molar-refractivity contribution in [3.05, 3.63) is 18.3 Å². The second-order valence-electron chi connectivity index (χ2n) is 3.92. The number of likely N-dealkylation sites (tertiary alicyclic amines) is 1. The Kier molecular flexibility index (Phi) is 3.31. The highest BCUT2D eigenvalue weighted by Gasteiger charge is 2.35. The summed E-state index contributed by atoms with van der Waals surface area (Å²) in [6.07, 6.45) is 1.54. The van der Waals surface area contributed by atoms with E-state index in [1.165, 1.54) is 18.2 Å². The summed E-state index contributed by atoms with van der Waals surface area (Å²) in [4.78, 5) is 27.8. The number of nitrogens with one attached hydrogen (secondary N) is 1. The van der Waals surface area contributed by atoms with Gasteiger partial charge in [-0.25, -0.2) is 9.78 Å². The molecule has 7 nitrogen and oxygen atoms in total. The van der Waals surface area contributed by atoms with Crippen molar-refractivity contribution in [1.82, 2.24) is 9.88 Å². The van der Waals surface area contributed by atoms with Gasteiger partial charge in [-0.15, -0.1) is 0 Å². The predicted octanol–water partition coefficient (Wildman–Crippen LogP) is 0.638. The Morgan fingerprint density at radius 3 is 2.89 bits per heavy atom. The number of carbonyl (C=O) groups excluding carboxylic acids is 1. The van der Waals surface area contributed by atoms with Crippen LogP contribution in [-0.2, 0) is 4.79 Å². The molecule has 0 atom stereocenters. The van der Waals surface area contributed by atoms with Crippen LogP contribution in [0.4, 0.5) is 10.6 Å². The van der Waals surface area contributed by atoms with Gasteiger partial charge in [0.25, 0.3) is 0 Å². The van der Waals surface area contributed by atoms with Crippen LogP contribution in [0.2, 0.25) is 0 Å². The predicted molar refractivity (Wildman–Crippen MR) is 62.5 cm³/mol. The van der Waals surface area contributed by atoms with E-state index in [1.807, 2.05) is 0 Å². The Balaban J connectivity index is 1.94. The number of carboxylic acid groups (broad SMARTS) is 1. The Morgan fingerprint density at radius 2 is 2.28 bits per heavy atom. The van der Waals surface area contributed by atoms with Crippen LogP contribution in [0.25, 0.3) is 0 Å². The van der Waals surface area contributed by atoms with E-state index in [9.17, 15) is 9.59 Å². The Hall–Kier alpha value is -2.31. The van der Waals surface area contributed by atoms with Crippen LogP contribution in [0.15, 0.2) is 18.3 Å². The fourth-order valence-corrected chi connectivity index (χ4v) is 1.63. The number of ether oxygens (including phenoxy) is 1. The molecule has 1 saturated heterocycles. The summed E-state index contributed by atoms with van der Waals surface area (Å²) in [7, 11) is 1.48. The van der Waals surface area contributed by atoms with Crippen LogP contribution in [-0.4, -0.2) is 47.2 Å². The van der Waals surface area contributed by atoms with Gasteiger partial charge < -0.3 is 14.7 Å². The number of rotatable bonds is 3. The summed E-state index contributed by atoms with van der Waals surface area (Å²) in [5, 5.41) is 11.3. The summed E-state index contributed by atoms with van der Waals surface area (Å²) < 4.78 is 5.05. The van der Waals surface area contributed by atoms with E-state index < -0.39 is 11.9 Å². The molecule has 2 amide bonds. The molecule has 1 aliphatic heterocycles. The number of carboxylic acids is 1. The lowest BCUT2D eigenvalue weighted by Gasteiger charge is -2.36. The summed E-state index contributed by atoms with van der Waals surface area (Å²) in [6.45, 7) is 0.437. The molecule has 18 heavy (non-hydrogen) atoms. The molecule has 0 aromatic carbocycles. The van der Waals surface area contributed by atoms with Crippen LogP contribution in [0.1, 0.15) is 0 Å². The molecule has 0 bridgehead atoms. The first-order chi connectivity index (χ1) is 8.61. The van der Waals surface area contributed by atoms with E-state index in [0.717, 1.165) is 0 Å². The molecule has 0 aliphatic carbocycles. The molecule has 0 spiro atoms. The minimum Gasteiger partial charge on any atom is -0.493 e. The second kappa shape index (κ2) is 4.91. The number of anilines is 1. The van der Waals surface area contributed by atoms with Crippen LogP contribution in [0.3, 0.4) is 0 Å². The van der Waals surface area contributed by atoms with E-state index in [-0.39, 0.29) is 19.1 Å². The molecular weight excluding hydrogens is 238 g/mol. The Morgan fingerprint density at radius 1 is 1.56 bits per heavy atom. The van der Waals surface area contributed by atoms with Gasteiger partial charge in [-0.1, -0.05) is 0 Å². The first kappa shape index (κ1) is 12.2. The third kappa shape index (κ3) is 2.34. The summed E-state index contributed by atoms with van der Waals surface area (Å²) in [5.74, 6) is -0.569. The van der Waals surface area contributed by atoms with Gasteiger partial charge in [0, 0.05) is 19.3 Å². The maximum Gasteiger partial charge on any atom is 0.323 e. The minimum absolute atomic E-state index is 0.219. The third-order valence-electron chi connectivity index (χ3n) is 2.73. The van der Waals surface area contributed by atoms with Crippen LogP contribution >= 0.6 is 0 Å². The number of hydrogen-bond acceptors (Lipinski definition) is 4. The Labute approximate surface area is 103 Å². The number of carbonyl (C=O) groups is 2. The number of pyridine rings is 1. The van der Waals surface area contributed by atoms with Crippen molar-refractivity contribution >= 4 is 17.8 Å². The lowest BCUT2D eigenvalue weighted by Crippen LogP contribution is -2.54. The molecule has 96 valence electrons. The second-order valence-corrected chi connectivity index (χ2v) is 3.92. The summed E-state index contributed by atoms with van der Waals surface area (Å²) >= 11 is 0. The highest BCUT2D eigenvalue weighted by molar-refractivity contribution is 5.91. The first-order valence-corrected chi connectivity index (χ1v) is 5.39. The van der Waals surface area contributed by atoms with Crippen molar-refractivity contribution in [1.29, 1.82) is 0 Å². The van der Waals surface area contributed by atoms with E-state index in [4.69, 9.17) is 9.84 Å². The SMILES string of the molecule is COc1cccnc1NC(=O)N1CC(C(=O)O)C1. The highest BCUT2D eigenvalue weighted by Crippen LogP contribution is 2.22. The molecule has 0 unspecified atom stereocenters. The zero-order valence-corrected chi connectivity index (χ0v) is 9.79. The van der Waals surface area contributed by atoms with Crippen LogP contribution in [0, 0.1) is 5.92 Å². The van der Waals surface area contributed by atoms with E-state index in [2.05, 4.69) is 10.3 Å². The van der Waals surface area contributed by atoms with Gasteiger partial charge >= 0.3 is 12.0 Å². The molecule has 1 aromatic heterocycles. The van der Waals surface area contributed by atoms with E-state index in [1.54, 1.807) is 12.1 Å². The number of aliphatic carboxylic acids is 1. The lowest BCUT2D eigenvalue weighted by atomic mass is 10.0. The standard InChI is InChI=1S/C11H13N3O4/c1-18-8-3-2-4-12-9(8)13-11(17)14-5-7(6-14)10(15)16/h2-4,7H,5-6H2,1H3,(H,15,16)(H,12,13,17). The Bertz CT molecular complexity index is 471. The average Bonchev–Trinajstić information content (AvgIpc) is 2.27. The van der Waals surface area contributed by atoms with Crippen molar-refractivity contribution in [3.63, 3.8) is 0 Å². The number of amides is 2. The van der Waals surface area contributed by atoms with E-state index >= 15 is 0 Å². The van der Waals surface area contributed by atoms with Gasteiger partial charge in [0.05, 0.1) is 13.0 Å². The van der Waals surface area contributed by atoms with Crippen molar-refractivity contribution in [2.24, 2.45) is 5.92 Å². The lowest BCUT2D eigenvalue weighted by molar-refractivity contribution is -0.145. The summed E-state index contributed by atoms with van der Waals surface area (Å²) in [5.41, 5.74) is 0. The third-order valence-corrected chi connectivity index (χ3v) is 2.73. The van der Waals surface area contributed by atoms with Crippen molar-refractivity contribution in [3.8, 4) is 5.75 Å². The van der Waals surface area contributed by atoms with Gasteiger partial charge in [0.1, 0.15) is 0 Å². The van der Waals surface area contributed by atoms with Crippen LogP contribution < -0.4 is 10.1 Å². The molecule has 1 fully saturated rings. The maximum absolute atomic E-state index is 11.8.